The van der Waals surface area contributed by atoms with Crippen LogP contribution in [0.5, 0.6) is 11.5 Å². The molecule has 0 saturated carbocycles. The summed E-state index contributed by atoms with van der Waals surface area (Å²) in [5, 5.41) is 0.637. The second kappa shape index (κ2) is 6.83. The molecule has 0 aliphatic heterocycles. The minimum atomic E-state index is -0.376. The van der Waals surface area contributed by atoms with Crippen molar-refractivity contribution in [2.45, 2.75) is 0 Å². The number of methoxy groups -OCH3 is 1. The zero-order chi connectivity index (χ0) is 14.4. The summed E-state index contributed by atoms with van der Waals surface area (Å²) in [5.74, 6) is 6.21. The Labute approximate surface area is 122 Å². The normalized spacial score (nSPS) is 9.55. The summed E-state index contributed by atoms with van der Waals surface area (Å²) < 4.78 is 23.5. The van der Waals surface area contributed by atoms with Gasteiger partial charge in [0.1, 0.15) is 12.4 Å². The van der Waals surface area contributed by atoms with Gasteiger partial charge in [0.25, 0.3) is 0 Å². The summed E-state index contributed by atoms with van der Waals surface area (Å²) in [6, 6.07) is 11.3. The average Bonchev–Trinajstić information content (AvgIpc) is 2.45. The highest BCUT2D eigenvalue weighted by atomic mass is 35.5. The minimum Gasteiger partial charge on any atom is -0.493 e. The van der Waals surface area contributed by atoms with Crippen LogP contribution >= 0.6 is 11.6 Å². The summed E-state index contributed by atoms with van der Waals surface area (Å²) >= 11 is 5.86. The fourth-order valence-electron chi connectivity index (χ4n) is 1.58. The van der Waals surface area contributed by atoms with Gasteiger partial charge < -0.3 is 9.47 Å². The van der Waals surface area contributed by atoms with E-state index in [4.69, 9.17) is 21.1 Å². The molecule has 20 heavy (non-hydrogen) atoms. The zero-order valence-electron chi connectivity index (χ0n) is 10.8. The highest BCUT2D eigenvalue weighted by molar-refractivity contribution is 6.30. The zero-order valence-corrected chi connectivity index (χ0v) is 11.6. The van der Waals surface area contributed by atoms with Crippen molar-refractivity contribution in [1.82, 2.24) is 0 Å². The molecule has 0 N–H and O–H groups in total. The molecule has 0 unspecified atom stereocenters. The van der Waals surface area contributed by atoms with Crippen LogP contribution in [0.2, 0.25) is 5.02 Å². The second-order valence-electron chi connectivity index (χ2n) is 3.90. The highest BCUT2D eigenvalue weighted by Crippen LogP contribution is 2.27. The molecule has 0 atom stereocenters. The van der Waals surface area contributed by atoms with Crippen LogP contribution in [0, 0.1) is 17.7 Å². The molecule has 0 spiro atoms. The first-order valence-electron chi connectivity index (χ1n) is 5.90. The lowest BCUT2D eigenvalue weighted by atomic mass is 10.2. The molecule has 0 aliphatic rings. The van der Waals surface area contributed by atoms with Gasteiger partial charge in [-0.3, -0.25) is 0 Å². The van der Waals surface area contributed by atoms with Crippen LogP contribution < -0.4 is 9.47 Å². The Morgan fingerprint density at radius 3 is 2.75 bits per heavy atom. The van der Waals surface area contributed by atoms with Crippen LogP contribution in [-0.2, 0) is 0 Å². The summed E-state index contributed by atoms with van der Waals surface area (Å²) in [7, 11) is 1.46. The fraction of sp³-hybridized carbons (Fsp3) is 0.125. The van der Waals surface area contributed by atoms with Gasteiger partial charge in [0.15, 0.2) is 11.5 Å². The maximum atomic E-state index is 13.0. The van der Waals surface area contributed by atoms with E-state index >= 15 is 0 Å². The molecule has 2 nitrogen and oxygen atoms in total. The van der Waals surface area contributed by atoms with E-state index in [2.05, 4.69) is 11.8 Å². The molecule has 2 aromatic rings. The van der Waals surface area contributed by atoms with Gasteiger partial charge in [0, 0.05) is 16.7 Å². The van der Waals surface area contributed by atoms with E-state index in [1.807, 2.05) is 12.1 Å². The van der Waals surface area contributed by atoms with E-state index in [-0.39, 0.29) is 12.4 Å². The molecule has 0 amide bonds. The molecular weight excluding hydrogens is 279 g/mol. The quantitative estimate of drug-likeness (QED) is 0.798. The van der Waals surface area contributed by atoms with Crippen molar-refractivity contribution >= 4 is 11.6 Å². The number of rotatable bonds is 3. The molecule has 0 bridgehead atoms. The van der Waals surface area contributed by atoms with E-state index in [0.29, 0.717) is 16.5 Å². The number of halogens is 2. The maximum absolute atomic E-state index is 13.0. The van der Waals surface area contributed by atoms with Gasteiger partial charge in [-0.25, -0.2) is 4.39 Å². The summed E-state index contributed by atoms with van der Waals surface area (Å²) in [5.41, 5.74) is 0.812. The van der Waals surface area contributed by atoms with Gasteiger partial charge in [-0.1, -0.05) is 29.5 Å². The monoisotopic (exact) mass is 290 g/mol. The molecule has 0 fully saturated rings. The minimum absolute atomic E-state index is 0.175. The van der Waals surface area contributed by atoms with Gasteiger partial charge in [-0.05, 0) is 30.3 Å². The van der Waals surface area contributed by atoms with Crippen molar-refractivity contribution in [3.8, 4) is 23.3 Å². The Morgan fingerprint density at radius 2 is 2.00 bits per heavy atom. The van der Waals surface area contributed by atoms with E-state index < -0.39 is 0 Å². The van der Waals surface area contributed by atoms with Crippen LogP contribution in [-0.4, -0.2) is 13.7 Å². The molecule has 0 radical (unpaired) electrons. The predicted octanol–water partition coefficient (Wildman–Crippen LogP) is 3.92. The Kier molecular flexibility index (Phi) is 4.86. The van der Waals surface area contributed by atoms with Gasteiger partial charge in [0.05, 0.1) is 7.11 Å². The molecule has 0 aliphatic carbocycles. The number of hydrogen-bond donors (Lipinski definition) is 0. The summed E-state index contributed by atoms with van der Waals surface area (Å²) in [4.78, 5) is 0. The molecule has 0 aromatic heterocycles. The van der Waals surface area contributed by atoms with Crippen molar-refractivity contribution in [1.29, 1.82) is 0 Å². The van der Waals surface area contributed by atoms with E-state index in [9.17, 15) is 4.39 Å². The van der Waals surface area contributed by atoms with Gasteiger partial charge >= 0.3 is 0 Å². The average molecular weight is 291 g/mol. The van der Waals surface area contributed by atoms with Crippen LogP contribution in [0.15, 0.2) is 42.5 Å². The Morgan fingerprint density at radius 1 is 1.15 bits per heavy atom. The molecule has 0 saturated heterocycles. The van der Waals surface area contributed by atoms with Crippen molar-refractivity contribution in [2.24, 2.45) is 0 Å². The molecule has 102 valence electrons. The SMILES string of the molecule is COc1cc(F)ccc1OCC#Cc1cccc(Cl)c1. The van der Waals surface area contributed by atoms with Crippen molar-refractivity contribution in [2.75, 3.05) is 13.7 Å². The summed E-state index contributed by atoms with van der Waals surface area (Å²) in [6.45, 7) is 0.175. The first kappa shape index (κ1) is 14.2. The van der Waals surface area contributed by atoms with Crippen LogP contribution in [0.1, 0.15) is 5.56 Å². The maximum Gasteiger partial charge on any atom is 0.163 e. The molecule has 0 heterocycles. The van der Waals surface area contributed by atoms with E-state index in [1.54, 1.807) is 12.1 Å². The van der Waals surface area contributed by atoms with Crippen molar-refractivity contribution in [3.63, 3.8) is 0 Å². The lowest BCUT2D eigenvalue weighted by molar-refractivity contribution is 0.329. The van der Waals surface area contributed by atoms with Crippen molar-refractivity contribution < 1.29 is 13.9 Å². The molecule has 4 heteroatoms. The largest absolute Gasteiger partial charge is 0.493 e. The van der Waals surface area contributed by atoms with Crippen molar-refractivity contribution in [3.05, 3.63) is 58.9 Å². The number of hydrogen-bond acceptors (Lipinski definition) is 2. The van der Waals surface area contributed by atoms with Crippen LogP contribution in [0.25, 0.3) is 0 Å². The lowest BCUT2D eigenvalue weighted by Gasteiger charge is -2.07. The fourth-order valence-corrected chi connectivity index (χ4v) is 1.77. The molecule has 2 aromatic carbocycles. The first-order valence-corrected chi connectivity index (χ1v) is 6.27. The Balaban J connectivity index is 2.00. The molecule has 2 rings (SSSR count). The Bertz CT molecular complexity index is 659. The second-order valence-corrected chi connectivity index (χ2v) is 4.33. The number of benzene rings is 2. The third kappa shape index (κ3) is 3.91. The molecular formula is C16H12ClFO2. The predicted molar refractivity (Wildman–Crippen MR) is 76.8 cm³/mol. The lowest BCUT2D eigenvalue weighted by Crippen LogP contribution is -1.97. The third-order valence-electron chi connectivity index (χ3n) is 2.48. The topological polar surface area (TPSA) is 18.5 Å². The Hall–Kier alpha value is -2.18. The van der Waals surface area contributed by atoms with E-state index in [1.165, 1.54) is 25.3 Å². The smallest absolute Gasteiger partial charge is 0.163 e. The number of ether oxygens (including phenoxy) is 2. The highest BCUT2D eigenvalue weighted by Gasteiger charge is 2.04. The first-order chi connectivity index (χ1) is 9.69. The van der Waals surface area contributed by atoms with E-state index in [0.717, 1.165) is 5.56 Å². The standard InChI is InChI=1S/C16H12ClFO2/c1-19-16-11-14(18)7-8-15(16)20-9-3-5-12-4-2-6-13(17)10-12/h2,4,6-8,10-11H,9H2,1H3. The van der Waals surface area contributed by atoms with Crippen LogP contribution in [0.3, 0.4) is 0 Å². The van der Waals surface area contributed by atoms with Gasteiger partial charge in [-0.15, -0.1) is 0 Å². The third-order valence-corrected chi connectivity index (χ3v) is 2.72. The van der Waals surface area contributed by atoms with Gasteiger partial charge in [0.2, 0.25) is 0 Å². The summed E-state index contributed by atoms with van der Waals surface area (Å²) in [6.07, 6.45) is 0. The van der Waals surface area contributed by atoms with Gasteiger partial charge in [-0.2, -0.15) is 0 Å². The van der Waals surface area contributed by atoms with Crippen LogP contribution in [0.4, 0.5) is 4.39 Å².